The van der Waals surface area contributed by atoms with Crippen molar-refractivity contribution in [3.8, 4) is 0 Å². The van der Waals surface area contributed by atoms with Crippen LogP contribution in [-0.4, -0.2) is 0 Å². The van der Waals surface area contributed by atoms with Crippen LogP contribution in [-0.2, 0) is 13.0 Å². The van der Waals surface area contributed by atoms with Crippen molar-refractivity contribution < 1.29 is 4.42 Å². The second-order valence-electron chi connectivity index (χ2n) is 4.87. The Morgan fingerprint density at radius 3 is 2.95 bits per heavy atom. The number of aryl methyl sites for hydroxylation is 1. The molecule has 0 amide bonds. The first-order valence-electron chi connectivity index (χ1n) is 6.47. The van der Waals surface area contributed by atoms with Gasteiger partial charge in [-0.1, -0.05) is 6.07 Å². The van der Waals surface area contributed by atoms with Gasteiger partial charge >= 0.3 is 0 Å². The van der Waals surface area contributed by atoms with Crippen LogP contribution in [0.15, 0.2) is 43.9 Å². The Hall–Kier alpha value is -0.580. The second-order valence-corrected chi connectivity index (χ2v) is 6.58. The van der Waals surface area contributed by atoms with Crippen LogP contribution in [0.25, 0.3) is 0 Å². The molecule has 1 unspecified atom stereocenters. The van der Waals surface area contributed by atoms with Crippen molar-refractivity contribution in [1.82, 2.24) is 5.32 Å². The molecule has 0 aliphatic heterocycles. The van der Waals surface area contributed by atoms with Gasteiger partial charge in [0.1, 0.15) is 5.76 Å². The highest BCUT2D eigenvalue weighted by molar-refractivity contribution is 9.13. The van der Waals surface area contributed by atoms with E-state index in [1.54, 1.807) is 6.26 Å². The molecule has 1 heterocycles. The number of furan rings is 1. The van der Waals surface area contributed by atoms with Crippen LogP contribution in [0.5, 0.6) is 0 Å². The Kier molecular flexibility index (Phi) is 4.10. The van der Waals surface area contributed by atoms with E-state index in [9.17, 15) is 0 Å². The van der Waals surface area contributed by atoms with Crippen molar-refractivity contribution in [3.05, 3.63) is 56.4 Å². The molecule has 0 radical (unpaired) electrons. The van der Waals surface area contributed by atoms with Gasteiger partial charge in [-0.25, -0.2) is 0 Å². The maximum atomic E-state index is 5.52. The summed E-state index contributed by atoms with van der Waals surface area (Å²) in [6.07, 6.45) is 5.26. The molecule has 1 N–H and O–H groups in total. The van der Waals surface area contributed by atoms with Crippen molar-refractivity contribution >= 4 is 31.9 Å². The summed E-state index contributed by atoms with van der Waals surface area (Å²) in [5.74, 6) is 1.15. The summed E-state index contributed by atoms with van der Waals surface area (Å²) in [6.45, 7) is 0.876. The Bertz CT molecular complexity index is 579. The molecule has 0 fully saturated rings. The minimum Gasteiger partial charge on any atom is -0.469 e. The van der Waals surface area contributed by atoms with Gasteiger partial charge < -0.3 is 9.73 Å². The first-order valence-corrected chi connectivity index (χ1v) is 8.06. The van der Waals surface area contributed by atoms with Crippen molar-refractivity contribution in [2.75, 3.05) is 0 Å². The molecule has 1 aliphatic rings. The van der Waals surface area contributed by atoms with Gasteiger partial charge in [-0.15, -0.1) is 0 Å². The molecule has 2 aromatic rings. The fourth-order valence-electron chi connectivity index (χ4n) is 2.59. The smallest absolute Gasteiger partial charge is 0.108 e. The highest BCUT2D eigenvalue weighted by atomic mass is 79.9. The summed E-state index contributed by atoms with van der Waals surface area (Å²) in [7, 11) is 0. The zero-order chi connectivity index (χ0) is 13.2. The molecule has 4 heteroatoms. The molecule has 1 aromatic heterocycles. The summed E-state index contributed by atoms with van der Waals surface area (Å²) in [6, 6.07) is 8.89. The van der Waals surface area contributed by atoms with Crippen LogP contribution in [0, 0.1) is 0 Å². The van der Waals surface area contributed by atoms with Gasteiger partial charge in [0.15, 0.2) is 0 Å². The van der Waals surface area contributed by atoms with E-state index in [2.05, 4.69) is 61.4 Å². The first kappa shape index (κ1) is 13.4. The zero-order valence-corrected chi connectivity index (χ0v) is 13.6. The molecule has 0 saturated heterocycles. The van der Waals surface area contributed by atoms with Crippen molar-refractivity contribution in [2.45, 2.75) is 31.8 Å². The van der Waals surface area contributed by atoms with E-state index in [1.165, 1.54) is 24.0 Å². The molecular formula is C15H15Br2NO. The zero-order valence-electron chi connectivity index (χ0n) is 10.5. The average Bonchev–Trinajstić information content (AvgIpc) is 2.89. The summed E-state index contributed by atoms with van der Waals surface area (Å²) >= 11 is 7.04. The van der Waals surface area contributed by atoms with Crippen LogP contribution in [0.4, 0.5) is 0 Å². The number of halogens is 2. The van der Waals surface area contributed by atoms with E-state index in [1.807, 2.05) is 0 Å². The molecule has 3 rings (SSSR count). The van der Waals surface area contributed by atoms with Gasteiger partial charge in [0.25, 0.3) is 0 Å². The Morgan fingerprint density at radius 1 is 1.21 bits per heavy atom. The lowest BCUT2D eigenvalue weighted by Gasteiger charge is -2.23. The van der Waals surface area contributed by atoms with E-state index in [4.69, 9.17) is 4.42 Å². The highest BCUT2D eigenvalue weighted by Gasteiger charge is 2.21. The normalized spacial score (nSPS) is 18.3. The number of nitrogens with one attached hydrogen (secondary N) is 1. The molecular weight excluding hydrogens is 370 g/mol. The first-order chi connectivity index (χ1) is 9.24. The van der Waals surface area contributed by atoms with Crippen molar-refractivity contribution in [2.24, 2.45) is 0 Å². The average molecular weight is 385 g/mol. The fourth-order valence-corrected chi connectivity index (χ4v) is 3.26. The van der Waals surface area contributed by atoms with E-state index < -0.39 is 0 Å². The summed E-state index contributed by atoms with van der Waals surface area (Å²) in [4.78, 5) is 0. The van der Waals surface area contributed by atoms with Crippen LogP contribution >= 0.6 is 31.9 Å². The largest absolute Gasteiger partial charge is 0.469 e. The number of fused-ring (bicyclic) bond motifs is 1. The molecule has 1 atom stereocenters. The Labute approximate surface area is 129 Å². The van der Waals surface area contributed by atoms with Gasteiger partial charge in [-0.05, 0) is 68.5 Å². The minimum absolute atomic E-state index is 0.421. The number of hydrogen-bond donors (Lipinski definition) is 1. The Morgan fingerprint density at radius 2 is 2.11 bits per heavy atom. The van der Waals surface area contributed by atoms with Crippen LogP contribution in [0.1, 0.15) is 35.8 Å². The number of rotatable bonds is 3. The summed E-state index contributed by atoms with van der Waals surface area (Å²) in [5.41, 5.74) is 2.62. The topological polar surface area (TPSA) is 25.2 Å². The van der Waals surface area contributed by atoms with Gasteiger partial charge in [-0.3, -0.25) is 0 Å². The number of hydrogen-bond acceptors (Lipinski definition) is 2. The van der Waals surface area contributed by atoms with Gasteiger partial charge in [0.2, 0.25) is 0 Å². The van der Waals surface area contributed by atoms with E-state index >= 15 is 0 Å². The maximum Gasteiger partial charge on any atom is 0.108 e. The summed E-state index contributed by atoms with van der Waals surface area (Å²) in [5, 5.41) is 3.63. The van der Waals surface area contributed by atoms with Crippen LogP contribution < -0.4 is 5.32 Å². The molecule has 1 aliphatic carbocycles. The molecule has 0 spiro atoms. The van der Waals surface area contributed by atoms with E-state index in [0.717, 1.165) is 27.7 Å². The van der Waals surface area contributed by atoms with Gasteiger partial charge in [-0.2, -0.15) is 0 Å². The van der Waals surface area contributed by atoms with E-state index in [-0.39, 0.29) is 0 Å². The standard InChI is InChI=1S/C15H15Br2NO/c16-12-5-4-10(8-13(12)17)9-18-14-2-1-3-15-11(14)6-7-19-15/h4-8,14,18H,1-3,9H2. The highest BCUT2D eigenvalue weighted by Crippen LogP contribution is 2.31. The van der Waals surface area contributed by atoms with Crippen LogP contribution in [0.2, 0.25) is 0 Å². The maximum absolute atomic E-state index is 5.52. The fraction of sp³-hybridized carbons (Fsp3) is 0.333. The van der Waals surface area contributed by atoms with Gasteiger partial charge in [0.05, 0.1) is 6.26 Å². The predicted molar refractivity (Wildman–Crippen MR) is 83.1 cm³/mol. The third kappa shape index (κ3) is 2.96. The number of benzene rings is 1. The lowest BCUT2D eigenvalue weighted by Crippen LogP contribution is -2.24. The third-order valence-electron chi connectivity index (χ3n) is 3.59. The SMILES string of the molecule is Brc1ccc(CNC2CCCc3occc32)cc1Br. The minimum atomic E-state index is 0.421. The van der Waals surface area contributed by atoms with E-state index in [0.29, 0.717) is 6.04 Å². The monoisotopic (exact) mass is 383 g/mol. The molecule has 2 nitrogen and oxygen atoms in total. The van der Waals surface area contributed by atoms with Crippen LogP contribution in [0.3, 0.4) is 0 Å². The lowest BCUT2D eigenvalue weighted by atomic mass is 9.93. The molecule has 0 bridgehead atoms. The molecule has 1 aromatic carbocycles. The quantitative estimate of drug-likeness (QED) is 0.807. The third-order valence-corrected chi connectivity index (χ3v) is 5.47. The molecule has 19 heavy (non-hydrogen) atoms. The van der Waals surface area contributed by atoms with Crippen molar-refractivity contribution in [1.29, 1.82) is 0 Å². The lowest BCUT2D eigenvalue weighted by molar-refractivity contribution is 0.411. The predicted octanol–water partition coefficient (Wildman–Crippen LogP) is 4.97. The summed E-state index contributed by atoms with van der Waals surface area (Å²) < 4.78 is 7.71. The van der Waals surface area contributed by atoms with Gasteiger partial charge in [0, 0.05) is 33.5 Å². The molecule has 100 valence electrons. The Balaban J connectivity index is 1.69. The molecule has 0 saturated carbocycles. The second kappa shape index (κ2) is 5.81. The van der Waals surface area contributed by atoms with Crippen molar-refractivity contribution in [3.63, 3.8) is 0 Å².